The number of fused-ring (bicyclic) bond motifs is 2. The molecule has 2 bridgehead atoms. The van der Waals surface area contributed by atoms with Crippen molar-refractivity contribution in [3.8, 4) is 5.88 Å². The fraction of sp³-hybridized carbons (Fsp3) is 0.733. The molecule has 0 radical (unpaired) electrons. The third-order valence-electron chi connectivity index (χ3n) is 4.19. The van der Waals surface area contributed by atoms with Crippen molar-refractivity contribution < 1.29 is 4.74 Å². The van der Waals surface area contributed by atoms with E-state index in [0.29, 0.717) is 24.1 Å². The van der Waals surface area contributed by atoms with Crippen molar-refractivity contribution in [2.45, 2.75) is 70.1 Å². The standard InChI is InChI=1S/C15H23N3O/c1-2-3-4-13-9-17-15(10-16-13)19-14-7-11-5-6-12(8-14)18-11/h9-12,14,18H,2-8H2,1H3/t11-,12+,14?. The topological polar surface area (TPSA) is 47.0 Å². The van der Waals surface area contributed by atoms with Gasteiger partial charge in [-0.1, -0.05) is 13.3 Å². The Bertz CT molecular complexity index is 394. The van der Waals surface area contributed by atoms with Gasteiger partial charge in [0.05, 0.1) is 18.1 Å². The number of aryl methyl sites for hydroxylation is 1. The normalized spacial score (nSPS) is 29.4. The first-order valence-electron chi connectivity index (χ1n) is 7.57. The summed E-state index contributed by atoms with van der Waals surface area (Å²) >= 11 is 0. The number of nitrogens with zero attached hydrogens (tertiary/aromatic N) is 2. The number of ether oxygens (including phenoxy) is 1. The van der Waals surface area contributed by atoms with Crippen LogP contribution in [-0.4, -0.2) is 28.2 Å². The molecule has 0 spiro atoms. The highest BCUT2D eigenvalue weighted by atomic mass is 16.5. The highest BCUT2D eigenvalue weighted by Crippen LogP contribution is 2.28. The van der Waals surface area contributed by atoms with Crippen LogP contribution in [0.5, 0.6) is 5.88 Å². The molecule has 3 atom stereocenters. The Morgan fingerprint density at radius 3 is 2.63 bits per heavy atom. The maximum atomic E-state index is 5.98. The molecule has 2 aliphatic heterocycles. The average molecular weight is 261 g/mol. The summed E-state index contributed by atoms with van der Waals surface area (Å²) in [5, 5.41) is 3.62. The Balaban J connectivity index is 1.54. The van der Waals surface area contributed by atoms with Crippen molar-refractivity contribution >= 4 is 0 Å². The summed E-state index contributed by atoms with van der Waals surface area (Å²) in [6, 6.07) is 1.31. The van der Waals surface area contributed by atoms with Crippen LogP contribution in [0.2, 0.25) is 0 Å². The maximum Gasteiger partial charge on any atom is 0.232 e. The predicted molar refractivity (Wildman–Crippen MR) is 74.2 cm³/mol. The van der Waals surface area contributed by atoms with Gasteiger partial charge in [0, 0.05) is 12.1 Å². The van der Waals surface area contributed by atoms with Crippen molar-refractivity contribution in [3.05, 3.63) is 18.1 Å². The van der Waals surface area contributed by atoms with Crippen LogP contribution in [0, 0.1) is 0 Å². The third kappa shape index (κ3) is 3.24. The Morgan fingerprint density at radius 2 is 2.00 bits per heavy atom. The molecule has 1 aromatic heterocycles. The van der Waals surface area contributed by atoms with E-state index in [0.717, 1.165) is 25.0 Å². The van der Waals surface area contributed by atoms with Crippen LogP contribution in [0.3, 0.4) is 0 Å². The molecule has 0 aromatic carbocycles. The molecule has 0 aliphatic carbocycles. The van der Waals surface area contributed by atoms with E-state index in [9.17, 15) is 0 Å². The number of unbranched alkanes of at least 4 members (excludes halogenated alkanes) is 1. The number of nitrogens with one attached hydrogen (secondary N) is 1. The van der Waals surface area contributed by atoms with Gasteiger partial charge in [0.15, 0.2) is 0 Å². The minimum Gasteiger partial charge on any atom is -0.473 e. The molecule has 1 aromatic rings. The average Bonchev–Trinajstić information content (AvgIpc) is 2.77. The summed E-state index contributed by atoms with van der Waals surface area (Å²) in [5.74, 6) is 0.687. The van der Waals surface area contributed by atoms with E-state index < -0.39 is 0 Å². The zero-order valence-electron chi connectivity index (χ0n) is 11.6. The van der Waals surface area contributed by atoms with Gasteiger partial charge in [-0.3, -0.25) is 4.98 Å². The Morgan fingerprint density at radius 1 is 1.21 bits per heavy atom. The highest BCUT2D eigenvalue weighted by Gasteiger charge is 2.34. The van der Waals surface area contributed by atoms with Gasteiger partial charge in [0.25, 0.3) is 0 Å². The van der Waals surface area contributed by atoms with Gasteiger partial charge in [0.1, 0.15) is 6.10 Å². The summed E-state index contributed by atoms with van der Waals surface area (Å²) in [7, 11) is 0. The van der Waals surface area contributed by atoms with E-state index in [4.69, 9.17) is 4.74 Å². The van der Waals surface area contributed by atoms with E-state index in [-0.39, 0.29) is 0 Å². The van der Waals surface area contributed by atoms with Gasteiger partial charge < -0.3 is 10.1 Å². The second-order valence-electron chi connectivity index (χ2n) is 5.80. The Hall–Kier alpha value is -1.16. The molecule has 19 heavy (non-hydrogen) atoms. The third-order valence-corrected chi connectivity index (χ3v) is 4.19. The monoisotopic (exact) mass is 261 g/mol. The van der Waals surface area contributed by atoms with E-state index in [2.05, 4.69) is 22.2 Å². The smallest absolute Gasteiger partial charge is 0.232 e. The minimum atomic E-state index is 0.314. The van der Waals surface area contributed by atoms with Crippen LogP contribution >= 0.6 is 0 Å². The lowest BCUT2D eigenvalue weighted by atomic mass is 10.0. The zero-order chi connectivity index (χ0) is 13.1. The van der Waals surface area contributed by atoms with Gasteiger partial charge in [-0.15, -0.1) is 0 Å². The second kappa shape index (κ2) is 5.87. The number of rotatable bonds is 5. The van der Waals surface area contributed by atoms with E-state index in [1.54, 1.807) is 6.20 Å². The Labute approximate surface area is 115 Å². The summed E-state index contributed by atoms with van der Waals surface area (Å²) in [6.45, 7) is 2.19. The van der Waals surface area contributed by atoms with Crippen LogP contribution in [-0.2, 0) is 6.42 Å². The summed E-state index contributed by atoms with van der Waals surface area (Å²) < 4.78 is 5.98. The molecule has 104 valence electrons. The molecular formula is C15H23N3O. The molecule has 0 saturated carbocycles. The van der Waals surface area contributed by atoms with Crippen molar-refractivity contribution in [2.24, 2.45) is 0 Å². The molecule has 0 amide bonds. The lowest BCUT2D eigenvalue weighted by molar-refractivity contribution is 0.131. The Kier molecular flexibility index (Phi) is 3.97. The lowest BCUT2D eigenvalue weighted by Gasteiger charge is -2.28. The fourth-order valence-corrected chi connectivity index (χ4v) is 3.16. The molecule has 2 saturated heterocycles. The van der Waals surface area contributed by atoms with Gasteiger partial charge >= 0.3 is 0 Å². The predicted octanol–water partition coefficient (Wildman–Crippen LogP) is 2.48. The van der Waals surface area contributed by atoms with Crippen LogP contribution in [0.25, 0.3) is 0 Å². The van der Waals surface area contributed by atoms with Crippen LogP contribution in [0.4, 0.5) is 0 Å². The molecule has 3 heterocycles. The maximum absolute atomic E-state index is 5.98. The number of hydrogen-bond acceptors (Lipinski definition) is 4. The first-order chi connectivity index (χ1) is 9.33. The molecule has 3 rings (SSSR count). The van der Waals surface area contributed by atoms with Crippen molar-refractivity contribution in [1.82, 2.24) is 15.3 Å². The fourth-order valence-electron chi connectivity index (χ4n) is 3.16. The molecule has 4 nitrogen and oxygen atoms in total. The van der Waals surface area contributed by atoms with Gasteiger partial charge in [-0.2, -0.15) is 0 Å². The van der Waals surface area contributed by atoms with Crippen molar-refractivity contribution in [1.29, 1.82) is 0 Å². The first-order valence-corrected chi connectivity index (χ1v) is 7.57. The SMILES string of the molecule is CCCCc1cnc(OC2C[C@H]3CC[C@@H](C2)N3)cn1. The van der Waals surface area contributed by atoms with Crippen LogP contribution < -0.4 is 10.1 Å². The molecule has 1 unspecified atom stereocenters. The molecule has 4 heteroatoms. The van der Waals surface area contributed by atoms with Crippen molar-refractivity contribution in [3.63, 3.8) is 0 Å². The molecule has 1 N–H and O–H groups in total. The second-order valence-corrected chi connectivity index (χ2v) is 5.80. The number of hydrogen-bond donors (Lipinski definition) is 1. The quantitative estimate of drug-likeness (QED) is 0.884. The minimum absolute atomic E-state index is 0.314. The molecule has 2 fully saturated rings. The summed E-state index contributed by atoms with van der Waals surface area (Å²) in [6.07, 6.45) is 12.2. The highest BCUT2D eigenvalue weighted by molar-refractivity contribution is 5.08. The zero-order valence-corrected chi connectivity index (χ0v) is 11.6. The van der Waals surface area contributed by atoms with E-state index >= 15 is 0 Å². The number of aromatic nitrogens is 2. The van der Waals surface area contributed by atoms with Crippen molar-refractivity contribution in [2.75, 3.05) is 0 Å². The largest absolute Gasteiger partial charge is 0.473 e. The van der Waals surface area contributed by atoms with Crippen LogP contribution in [0.1, 0.15) is 51.1 Å². The lowest BCUT2D eigenvalue weighted by Crippen LogP contribution is -2.42. The van der Waals surface area contributed by atoms with Crippen LogP contribution in [0.15, 0.2) is 12.4 Å². The van der Waals surface area contributed by atoms with E-state index in [1.807, 2.05) is 6.20 Å². The number of piperidine rings is 1. The van der Waals surface area contributed by atoms with Gasteiger partial charge in [-0.05, 0) is 38.5 Å². The first kappa shape index (κ1) is 12.9. The summed E-state index contributed by atoms with van der Waals surface area (Å²) in [4.78, 5) is 8.82. The van der Waals surface area contributed by atoms with Gasteiger partial charge in [0.2, 0.25) is 5.88 Å². The van der Waals surface area contributed by atoms with E-state index in [1.165, 1.54) is 25.7 Å². The molecular weight excluding hydrogens is 238 g/mol. The van der Waals surface area contributed by atoms with Gasteiger partial charge in [-0.25, -0.2) is 4.98 Å². The summed E-state index contributed by atoms with van der Waals surface area (Å²) in [5.41, 5.74) is 1.07. The molecule has 2 aliphatic rings.